The molecule has 3 nitrogen and oxygen atoms in total. The van der Waals surface area contributed by atoms with Gasteiger partial charge in [-0.05, 0) is 59.5 Å². The minimum atomic E-state index is 0.0932. The molecule has 1 fully saturated rings. The first-order valence-electron chi connectivity index (χ1n) is 6.47. The monoisotopic (exact) mass is 357 g/mol. The Morgan fingerprint density at radius 1 is 1.33 bits per heavy atom. The largest absolute Gasteiger partial charge is 0.482 e. The van der Waals surface area contributed by atoms with Crippen molar-refractivity contribution in [1.82, 2.24) is 0 Å². The number of carbonyl (C=O) groups excluding carboxylic acids is 1. The van der Waals surface area contributed by atoms with Gasteiger partial charge in [0.1, 0.15) is 5.75 Å². The number of rotatable bonds is 2. The van der Waals surface area contributed by atoms with Crippen molar-refractivity contribution in [1.29, 1.82) is 0 Å². The highest BCUT2D eigenvalue weighted by Crippen LogP contribution is 2.35. The smallest absolute Gasteiger partial charge is 0.265 e. The Kier molecular flexibility index (Phi) is 3.46. The van der Waals surface area contributed by atoms with Gasteiger partial charge in [-0.1, -0.05) is 12.8 Å². The standard InChI is InChI=1S/C14H16INO2/c15-11-5-6-12-13(7-11)18-9-14(17)16(12)8-10-3-1-2-4-10/h5-7,10H,1-4,8-9H2. The van der Waals surface area contributed by atoms with Gasteiger partial charge >= 0.3 is 0 Å². The van der Waals surface area contributed by atoms with Crippen LogP contribution in [0, 0.1) is 9.49 Å². The van der Waals surface area contributed by atoms with E-state index in [4.69, 9.17) is 4.74 Å². The molecule has 2 aliphatic rings. The first-order chi connectivity index (χ1) is 8.74. The molecule has 1 aromatic carbocycles. The van der Waals surface area contributed by atoms with Crippen molar-refractivity contribution in [2.24, 2.45) is 5.92 Å². The van der Waals surface area contributed by atoms with Gasteiger partial charge < -0.3 is 9.64 Å². The summed E-state index contributed by atoms with van der Waals surface area (Å²) in [5.41, 5.74) is 0.943. The van der Waals surface area contributed by atoms with Crippen LogP contribution in [0.5, 0.6) is 5.75 Å². The summed E-state index contributed by atoms with van der Waals surface area (Å²) in [6.45, 7) is 1.04. The summed E-state index contributed by atoms with van der Waals surface area (Å²) < 4.78 is 6.66. The van der Waals surface area contributed by atoms with E-state index in [0.29, 0.717) is 5.92 Å². The number of ether oxygens (including phenoxy) is 1. The van der Waals surface area contributed by atoms with Crippen molar-refractivity contribution in [2.75, 3.05) is 18.1 Å². The molecule has 1 heterocycles. The highest BCUT2D eigenvalue weighted by atomic mass is 127. The second kappa shape index (κ2) is 5.07. The number of anilines is 1. The van der Waals surface area contributed by atoms with Crippen LogP contribution in [0.15, 0.2) is 18.2 Å². The molecule has 0 atom stereocenters. The SMILES string of the molecule is O=C1COc2cc(I)ccc2N1CC1CCCC1. The topological polar surface area (TPSA) is 29.5 Å². The number of halogens is 1. The fraction of sp³-hybridized carbons (Fsp3) is 0.500. The van der Waals surface area contributed by atoms with E-state index in [1.165, 1.54) is 25.7 Å². The quantitative estimate of drug-likeness (QED) is 0.761. The summed E-state index contributed by atoms with van der Waals surface area (Å²) in [6, 6.07) is 6.04. The molecule has 1 saturated carbocycles. The molecule has 4 heteroatoms. The van der Waals surface area contributed by atoms with Gasteiger partial charge in [-0.25, -0.2) is 0 Å². The maximum atomic E-state index is 12.0. The zero-order chi connectivity index (χ0) is 12.5. The van der Waals surface area contributed by atoms with Gasteiger partial charge in [0.15, 0.2) is 6.61 Å². The second-order valence-corrected chi connectivity index (χ2v) is 6.30. The average Bonchev–Trinajstić information content (AvgIpc) is 2.86. The lowest BCUT2D eigenvalue weighted by molar-refractivity contribution is -0.121. The van der Waals surface area contributed by atoms with Crippen LogP contribution in [0.3, 0.4) is 0 Å². The van der Waals surface area contributed by atoms with Crippen LogP contribution in [-0.4, -0.2) is 19.1 Å². The number of carbonyl (C=O) groups is 1. The third kappa shape index (κ3) is 2.35. The molecule has 0 bridgehead atoms. The van der Waals surface area contributed by atoms with Crippen LogP contribution < -0.4 is 9.64 Å². The Morgan fingerprint density at radius 3 is 2.89 bits per heavy atom. The van der Waals surface area contributed by atoms with E-state index in [1.807, 2.05) is 23.1 Å². The van der Waals surface area contributed by atoms with Crippen LogP contribution in [-0.2, 0) is 4.79 Å². The zero-order valence-corrected chi connectivity index (χ0v) is 12.4. The van der Waals surface area contributed by atoms with Crippen molar-refractivity contribution >= 4 is 34.2 Å². The number of amides is 1. The molecule has 0 N–H and O–H groups in total. The molecular formula is C14H16INO2. The van der Waals surface area contributed by atoms with E-state index in [0.717, 1.165) is 21.6 Å². The highest BCUT2D eigenvalue weighted by molar-refractivity contribution is 14.1. The summed E-state index contributed by atoms with van der Waals surface area (Å²) in [6.07, 6.45) is 5.13. The molecule has 1 aliphatic heterocycles. The molecule has 0 saturated heterocycles. The Labute approximate surface area is 121 Å². The van der Waals surface area contributed by atoms with Gasteiger partial charge in [0.25, 0.3) is 5.91 Å². The normalized spacial score (nSPS) is 19.8. The van der Waals surface area contributed by atoms with E-state index in [9.17, 15) is 4.79 Å². The second-order valence-electron chi connectivity index (χ2n) is 5.06. The maximum absolute atomic E-state index is 12.0. The van der Waals surface area contributed by atoms with E-state index >= 15 is 0 Å². The summed E-state index contributed by atoms with van der Waals surface area (Å²) in [7, 11) is 0. The van der Waals surface area contributed by atoms with Crippen LogP contribution in [0.4, 0.5) is 5.69 Å². The lowest BCUT2D eigenvalue weighted by Gasteiger charge is -2.31. The number of nitrogens with zero attached hydrogens (tertiary/aromatic N) is 1. The average molecular weight is 357 g/mol. The third-order valence-corrected chi connectivity index (χ3v) is 4.45. The molecule has 0 unspecified atom stereocenters. The molecule has 1 amide bonds. The van der Waals surface area contributed by atoms with Gasteiger partial charge in [0.2, 0.25) is 0 Å². The first kappa shape index (κ1) is 12.3. The molecule has 0 aromatic heterocycles. The molecule has 1 aromatic rings. The Bertz CT molecular complexity index is 469. The van der Waals surface area contributed by atoms with Crippen molar-refractivity contribution < 1.29 is 9.53 Å². The molecule has 3 rings (SSSR count). The fourth-order valence-electron chi connectivity index (χ4n) is 2.83. The van der Waals surface area contributed by atoms with Crippen LogP contribution in [0.1, 0.15) is 25.7 Å². The summed E-state index contributed by atoms with van der Waals surface area (Å²) in [5, 5.41) is 0. The van der Waals surface area contributed by atoms with E-state index in [-0.39, 0.29) is 12.5 Å². The van der Waals surface area contributed by atoms with E-state index in [1.54, 1.807) is 0 Å². The van der Waals surface area contributed by atoms with Crippen molar-refractivity contribution in [2.45, 2.75) is 25.7 Å². The van der Waals surface area contributed by atoms with Crippen LogP contribution in [0.25, 0.3) is 0 Å². The molecular weight excluding hydrogens is 341 g/mol. The molecule has 1 aliphatic carbocycles. The highest BCUT2D eigenvalue weighted by Gasteiger charge is 2.28. The third-order valence-electron chi connectivity index (χ3n) is 3.78. The minimum Gasteiger partial charge on any atom is -0.482 e. The van der Waals surface area contributed by atoms with Crippen LogP contribution in [0.2, 0.25) is 0 Å². The zero-order valence-electron chi connectivity index (χ0n) is 10.2. The fourth-order valence-corrected chi connectivity index (χ4v) is 3.29. The van der Waals surface area contributed by atoms with E-state index < -0.39 is 0 Å². The van der Waals surface area contributed by atoms with Crippen molar-refractivity contribution in [3.8, 4) is 5.75 Å². The molecule has 0 spiro atoms. The number of benzene rings is 1. The van der Waals surface area contributed by atoms with Crippen molar-refractivity contribution in [3.05, 3.63) is 21.8 Å². The number of hydrogen-bond acceptors (Lipinski definition) is 2. The van der Waals surface area contributed by atoms with E-state index in [2.05, 4.69) is 22.6 Å². The summed E-state index contributed by atoms with van der Waals surface area (Å²) in [5.74, 6) is 1.61. The Balaban J connectivity index is 1.86. The molecule has 0 radical (unpaired) electrons. The maximum Gasteiger partial charge on any atom is 0.265 e. The first-order valence-corrected chi connectivity index (χ1v) is 7.54. The predicted octanol–water partition coefficient (Wildman–Crippen LogP) is 3.21. The molecule has 18 heavy (non-hydrogen) atoms. The lowest BCUT2D eigenvalue weighted by atomic mass is 10.1. The Hall–Kier alpha value is -0.780. The van der Waals surface area contributed by atoms with Gasteiger partial charge in [-0.15, -0.1) is 0 Å². The van der Waals surface area contributed by atoms with Crippen molar-refractivity contribution in [3.63, 3.8) is 0 Å². The summed E-state index contributed by atoms with van der Waals surface area (Å²) >= 11 is 2.26. The number of hydrogen-bond donors (Lipinski definition) is 0. The van der Waals surface area contributed by atoms with Gasteiger partial charge in [0, 0.05) is 10.1 Å². The van der Waals surface area contributed by atoms with Crippen LogP contribution >= 0.6 is 22.6 Å². The minimum absolute atomic E-state index is 0.0932. The van der Waals surface area contributed by atoms with Gasteiger partial charge in [-0.3, -0.25) is 4.79 Å². The predicted molar refractivity (Wildman–Crippen MR) is 79.0 cm³/mol. The molecule has 96 valence electrons. The number of fused-ring (bicyclic) bond motifs is 1. The summed E-state index contributed by atoms with van der Waals surface area (Å²) in [4.78, 5) is 14.0. The van der Waals surface area contributed by atoms with Gasteiger partial charge in [-0.2, -0.15) is 0 Å². The van der Waals surface area contributed by atoms with Gasteiger partial charge in [0.05, 0.1) is 5.69 Å². The Morgan fingerprint density at radius 2 is 2.11 bits per heavy atom. The lowest BCUT2D eigenvalue weighted by Crippen LogP contribution is -2.41.